The van der Waals surface area contributed by atoms with Gasteiger partial charge in [-0.15, -0.1) is 0 Å². The van der Waals surface area contributed by atoms with Crippen LogP contribution >= 0.6 is 0 Å². The van der Waals surface area contributed by atoms with Crippen LogP contribution in [0.4, 0.5) is 0 Å². The van der Waals surface area contributed by atoms with Crippen LogP contribution in [0.5, 0.6) is 11.5 Å². The van der Waals surface area contributed by atoms with E-state index < -0.39 is 11.5 Å². The summed E-state index contributed by atoms with van der Waals surface area (Å²) in [7, 11) is 1.52. The number of carboxylic acids is 1. The van der Waals surface area contributed by atoms with Gasteiger partial charge >= 0.3 is 5.97 Å². The zero-order valence-corrected chi connectivity index (χ0v) is 11.3. The molecule has 0 aliphatic heterocycles. The maximum absolute atomic E-state index is 11.1. The van der Waals surface area contributed by atoms with E-state index in [1.54, 1.807) is 18.2 Å². The van der Waals surface area contributed by atoms with Crippen molar-refractivity contribution in [3.63, 3.8) is 0 Å². The Balaban J connectivity index is 2.10. The van der Waals surface area contributed by atoms with Crippen LogP contribution in [0.25, 0.3) is 0 Å². The summed E-state index contributed by atoms with van der Waals surface area (Å²) in [6.07, 6.45) is 1.01. The van der Waals surface area contributed by atoms with Crippen LogP contribution in [-0.4, -0.2) is 34.9 Å². The number of benzene rings is 1. The fraction of sp³-hybridized carbons (Fsp3) is 0.500. The number of rotatable bonds is 5. The molecule has 0 radical (unpaired) electrons. The number of methoxy groups -OCH3 is 1. The van der Waals surface area contributed by atoms with Gasteiger partial charge in [-0.3, -0.25) is 4.79 Å². The first-order valence-corrected chi connectivity index (χ1v) is 6.45. The topological polar surface area (TPSA) is 102 Å². The molecule has 0 amide bonds. The molecule has 1 aromatic rings. The summed E-state index contributed by atoms with van der Waals surface area (Å²) in [4.78, 5) is 11.1. The van der Waals surface area contributed by atoms with Gasteiger partial charge in [0.05, 0.1) is 13.7 Å². The molecule has 2 atom stereocenters. The Kier molecular flexibility index (Phi) is 4.15. The first-order valence-electron chi connectivity index (χ1n) is 6.45. The lowest BCUT2D eigenvalue weighted by Gasteiger charge is -2.19. The number of nitrogens with two attached hydrogens (primary N) is 1. The smallest absolute Gasteiger partial charge is 0.323 e. The fourth-order valence-corrected chi connectivity index (χ4v) is 2.41. The Morgan fingerprint density at radius 3 is 2.80 bits per heavy atom. The zero-order chi connectivity index (χ0) is 14.8. The summed E-state index contributed by atoms with van der Waals surface area (Å²) in [5, 5.41) is 18.2. The summed E-state index contributed by atoms with van der Waals surface area (Å²) in [5.41, 5.74) is 5.33. The summed E-state index contributed by atoms with van der Waals surface area (Å²) < 4.78 is 11.0. The standard InChI is InChI=1S/C14H19NO5/c1-19-12-6-9(8-16)2-3-11(12)20-10-4-5-14(15,7-10)13(17)18/h2-3,6,10,16H,4-5,7-8,15H2,1H3,(H,17,18). The van der Waals surface area contributed by atoms with E-state index in [2.05, 4.69) is 0 Å². The summed E-state index contributed by atoms with van der Waals surface area (Å²) in [6, 6.07) is 5.14. The first-order chi connectivity index (χ1) is 9.48. The van der Waals surface area contributed by atoms with Crippen LogP contribution in [0.15, 0.2) is 18.2 Å². The van der Waals surface area contributed by atoms with Crippen molar-refractivity contribution in [2.45, 2.75) is 37.5 Å². The van der Waals surface area contributed by atoms with Gasteiger partial charge in [0.25, 0.3) is 0 Å². The molecular formula is C14H19NO5. The van der Waals surface area contributed by atoms with E-state index in [9.17, 15) is 4.79 Å². The van der Waals surface area contributed by atoms with E-state index in [4.69, 9.17) is 25.4 Å². The largest absolute Gasteiger partial charge is 0.493 e. The van der Waals surface area contributed by atoms with Crippen LogP contribution in [-0.2, 0) is 11.4 Å². The molecule has 1 fully saturated rings. The molecule has 1 saturated carbocycles. The molecule has 20 heavy (non-hydrogen) atoms. The summed E-state index contributed by atoms with van der Waals surface area (Å²) >= 11 is 0. The molecule has 0 bridgehead atoms. The minimum atomic E-state index is -1.21. The van der Waals surface area contributed by atoms with Crippen molar-refractivity contribution in [3.8, 4) is 11.5 Å². The lowest BCUT2D eigenvalue weighted by Crippen LogP contribution is -2.46. The summed E-state index contributed by atoms with van der Waals surface area (Å²) in [6.45, 7) is -0.0784. The molecular weight excluding hydrogens is 262 g/mol. The van der Waals surface area contributed by atoms with Gasteiger partial charge in [-0.1, -0.05) is 6.07 Å². The molecule has 110 valence electrons. The Bertz CT molecular complexity index is 504. The van der Waals surface area contributed by atoms with Crippen LogP contribution in [0.1, 0.15) is 24.8 Å². The molecule has 2 rings (SSSR count). The number of ether oxygens (including phenoxy) is 2. The molecule has 1 aliphatic carbocycles. The average Bonchev–Trinajstić information content (AvgIpc) is 2.82. The minimum absolute atomic E-state index is 0.0784. The second-order valence-corrected chi connectivity index (χ2v) is 5.09. The first kappa shape index (κ1) is 14.6. The molecule has 6 heteroatoms. The van der Waals surface area contributed by atoms with Crippen LogP contribution < -0.4 is 15.2 Å². The van der Waals surface area contributed by atoms with Crippen molar-refractivity contribution in [2.24, 2.45) is 5.73 Å². The van der Waals surface area contributed by atoms with Crippen LogP contribution in [0.2, 0.25) is 0 Å². The second kappa shape index (κ2) is 5.68. The minimum Gasteiger partial charge on any atom is -0.493 e. The Labute approximate surface area is 117 Å². The highest BCUT2D eigenvalue weighted by Gasteiger charge is 2.43. The monoisotopic (exact) mass is 281 g/mol. The number of aliphatic hydroxyl groups is 1. The molecule has 0 heterocycles. The van der Waals surface area contributed by atoms with Gasteiger partial charge in [-0.2, -0.15) is 0 Å². The number of aliphatic carboxylic acids is 1. The molecule has 0 spiro atoms. The van der Waals surface area contributed by atoms with Crippen molar-refractivity contribution in [2.75, 3.05) is 7.11 Å². The number of hydrogen-bond donors (Lipinski definition) is 3. The van der Waals surface area contributed by atoms with E-state index in [0.29, 0.717) is 24.3 Å². The number of aliphatic hydroxyl groups excluding tert-OH is 1. The van der Waals surface area contributed by atoms with E-state index in [-0.39, 0.29) is 19.1 Å². The van der Waals surface area contributed by atoms with E-state index in [0.717, 1.165) is 5.56 Å². The van der Waals surface area contributed by atoms with Gasteiger partial charge in [-0.25, -0.2) is 0 Å². The Morgan fingerprint density at radius 2 is 2.25 bits per heavy atom. The average molecular weight is 281 g/mol. The lowest BCUT2D eigenvalue weighted by molar-refractivity contribution is -0.143. The third-order valence-electron chi connectivity index (χ3n) is 3.63. The number of carbonyl (C=O) groups is 1. The third-order valence-corrected chi connectivity index (χ3v) is 3.63. The van der Waals surface area contributed by atoms with Crippen molar-refractivity contribution in [1.82, 2.24) is 0 Å². The SMILES string of the molecule is COc1cc(CO)ccc1OC1CCC(N)(C(=O)O)C1. The molecule has 0 saturated heterocycles. The third kappa shape index (κ3) is 2.86. The van der Waals surface area contributed by atoms with E-state index in [1.807, 2.05) is 0 Å². The molecule has 1 aromatic carbocycles. The highest BCUT2D eigenvalue weighted by atomic mass is 16.5. The van der Waals surface area contributed by atoms with Gasteiger partial charge in [0, 0.05) is 6.42 Å². The van der Waals surface area contributed by atoms with Gasteiger partial charge in [0.1, 0.15) is 11.6 Å². The maximum atomic E-state index is 11.1. The Morgan fingerprint density at radius 1 is 1.50 bits per heavy atom. The number of hydrogen-bond acceptors (Lipinski definition) is 5. The molecule has 4 N–H and O–H groups in total. The molecule has 0 aromatic heterocycles. The zero-order valence-electron chi connectivity index (χ0n) is 11.3. The predicted molar refractivity (Wildman–Crippen MR) is 71.7 cm³/mol. The van der Waals surface area contributed by atoms with Crippen molar-refractivity contribution >= 4 is 5.97 Å². The molecule has 1 aliphatic rings. The molecule has 2 unspecified atom stereocenters. The van der Waals surface area contributed by atoms with E-state index >= 15 is 0 Å². The van der Waals surface area contributed by atoms with Gasteiger partial charge in [0.15, 0.2) is 11.5 Å². The quantitative estimate of drug-likeness (QED) is 0.741. The highest BCUT2D eigenvalue weighted by Crippen LogP contribution is 2.35. The second-order valence-electron chi connectivity index (χ2n) is 5.09. The number of carboxylic acid groups (broad SMARTS) is 1. The lowest BCUT2D eigenvalue weighted by atomic mass is 10.00. The van der Waals surface area contributed by atoms with Crippen molar-refractivity contribution in [3.05, 3.63) is 23.8 Å². The fourth-order valence-electron chi connectivity index (χ4n) is 2.41. The Hall–Kier alpha value is -1.79. The van der Waals surface area contributed by atoms with Crippen LogP contribution in [0, 0.1) is 0 Å². The van der Waals surface area contributed by atoms with Crippen molar-refractivity contribution < 1.29 is 24.5 Å². The van der Waals surface area contributed by atoms with Gasteiger partial charge in [-0.05, 0) is 30.5 Å². The van der Waals surface area contributed by atoms with Gasteiger partial charge in [0.2, 0.25) is 0 Å². The van der Waals surface area contributed by atoms with Crippen LogP contribution in [0.3, 0.4) is 0 Å². The predicted octanol–water partition coefficient (Wildman–Crippen LogP) is 0.901. The maximum Gasteiger partial charge on any atom is 0.323 e. The normalized spacial score (nSPS) is 25.4. The van der Waals surface area contributed by atoms with Gasteiger partial charge < -0.3 is 25.4 Å². The highest BCUT2D eigenvalue weighted by molar-refractivity contribution is 5.79. The summed E-state index contributed by atoms with van der Waals surface area (Å²) in [5.74, 6) is 0.0527. The molecule has 6 nitrogen and oxygen atoms in total. The van der Waals surface area contributed by atoms with Crippen molar-refractivity contribution in [1.29, 1.82) is 0 Å². The van der Waals surface area contributed by atoms with E-state index in [1.165, 1.54) is 7.11 Å².